The Morgan fingerprint density at radius 1 is 1.53 bits per heavy atom. The van der Waals surface area contributed by atoms with Gasteiger partial charge in [-0.2, -0.15) is 4.98 Å². The van der Waals surface area contributed by atoms with E-state index in [0.29, 0.717) is 11.8 Å². The first-order valence-corrected chi connectivity index (χ1v) is 5.05. The van der Waals surface area contributed by atoms with Gasteiger partial charge in [0.15, 0.2) is 0 Å². The Kier molecular flexibility index (Phi) is 4.83. The summed E-state index contributed by atoms with van der Waals surface area (Å²) in [5, 5.41) is 3.14. The van der Waals surface area contributed by atoms with Gasteiger partial charge in [-0.15, -0.1) is 0 Å². The minimum atomic E-state index is 0.580. The van der Waals surface area contributed by atoms with Gasteiger partial charge in [0.25, 0.3) is 0 Å². The van der Waals surface area contributed by atoms with Crippen molar-refractivity contribution in [3.05, 3.63) is 12.3 Å². The van der Waals surface area contributed by atoms with Gasteiger partial charge in [0.05, 0.1) is 7.11 Å². The summed E-state index contributed by atoms with van der Waals surface area (Å²) in [6.07, 6.45) is 1.68. The van der Waals surface area contributed by atoms with Crippen LogP contribution in [0.5, 0.6) is 5.88 Å². The third-order valence-corrected chi connectivity index (χ3v) is 2.16. The van der Waals surface area contributed by atoms with Gasteiger partial charge in [-0.1, -0.05) is 6.92 Å². The van der Waals surface area contributed by atoms with Crippen LogP contribution in [0.2, 0.25) is 0 Å². The Morgan fingerprint density at radius 2 is 2.33 bits per heavy atom. The molecule has 0 bridgehead atoms. The van der Waals surface area contributed by atoms with Crippen LogP contribution in [0.25, 0.3) is 0 Å². The molecule has 0 saturated heterocycles. The highest BCUT2D eigenvalue weighted by molar-refractivity contribution is 5.27. The van der Waals surface area contributed by atoms with Crippen LogP contribution >= 0.6 is 0 Å². The summed E-state index contributed by atoms with van der Waals surface area (Å²) < 4.78 is 5.00. The van der Waals surface area contributed by atoms with Crippen molar-refractivity contribution in [1.82, 2.24) is 14.9 Å². The second-order valence-electron chi connectivity index (χ2n) is 3.25. The van der Waals surface area contributed by atoms with E-state index in [4.69, 9.17) is 4.74 Å². The van der Waals surface area contributed by atoms with Crippen LogP contribution in [0.3, 0.4) is 0 Å². The maximum atomic E-state index is 5.00. The average Bonchev–Trinajstić information content (AvgIpc) is 2.29. The molecule has 0 atom stereocenters. The predicted octanol–water partition coefficient (Wildman–Crippen LogP) is 0.849. The molecule has 0 aliphatic rings. The Morgan fingerprint density at radius 3 is 3.00 bits per heavy atom. The van der Waals surface area contributed by atoms with Crippen LogP contribution in [-0.4, -0.2) is 48.7 Å². The average molecular weight is 210 g/mol. The van der Waals surface area contributed by atoms with Crippen molar-refractivity contribution >= 4 is 5.95 Å². The fraction of sp³-hybridized carbons (Fsp3) is 0.600. The summed E-state index contributed by atoms with van der Waals surface area (Å²) in [5.41, 5.74) is 0. The third kappa shape index (κ3) is 4.12. The van der Waals surface area contributed by atoms with Gasteiger partial charge in [-0.05, 0) is 13.6 Å². The lowest BCUT2D eigenvalue weighted by Crippen LogP contribution is -2.25. The van der Waals surface area contributed by atoms with Gasteiger partial charge >= 0.3 is 0 Å². The standard InChI is InChI=1S/C10H18N4O/c1-4-14(2)8-7-12-10-11-6-5-9(13-10)15-3/h5-6H,4,7-8H2,1-3H3,(H,11,12,13). The number of hydrogen-bond donors (Lipinski definition) is 1. The highest BCUT2D eigenvalue weighted by atomic mass is 16.5. The lowest BCUT2D eigenvalue weighted by atomic mass is 10.5. The molecule has 1 heterocycles. The molecule has 5 nitrogen and oxygen atoms in total. The van der Waals surface area contributed by atoms with Crippen molar-refractivity contribution in [2.75, 3.05) is 39.1 Å². The Hall–Kier alpha value is -1.36. The van der Waals surface area contributed by atoms with Gasteiger partial charge < -0.3 is 15.0 Å². The SMILES string of the molecule is CCN(C)CCNc1nccc(OC)n1. The molecule has 0 radical (unpaired) electrons. The third-order valence-electron chi connectivity index (χ3n) is 2.16. The van der Waals surface area contributed by atoms with Gasteiger partial charge in [0, 0.05) is 25.4 Å². The number of aromatic nitrogens is 2. The predicted molar refractivity (Wildman–Crippen MR) is 60.2 cm³/mol. The number of ether oxygens (including phenoxy) is 1. The smallest absolute Gasteiger partial charge is 0.225 e. The van der Waals surface area contributed by atoms with Gasteiger partial charge in [-0.3, -0.25) is 0 Å². The molecule has 0 aliphatic carbocycles. The highest BCUT2D eigenvalue weighted by Gasteiger charge is 1.98. The second kappa shape index (κ2) is 6.19. The molecule has 1 rings (SSSR count). The molecule has 0 unspecified atom stereocenters. The Balaban J connectivity index is 2.37. The minimum Gasteiger partial charge on any atom is -0.481 e. The van der Waals surface area contributed by atoms with Crippen molar-refractivity contribution < 1.29 is 4.74 Å². The van der Waals surface area contributed by atoms with E-state index in [2.05, 4.69) is 34.2 Å². The molecule has 1 N–H and O–H groups in total. The van der Waals surface area contributed by atoms with Crippen LogP contribution in [0, 0.1) is 0 Å². The van der Waals surface area contributed by atoms with E-state index in [1.165, 1.54) is 0 Å². The van der Waals surface area contributed by atoms with Gasteiger partial charge in [-0.25, -0.2) is 4.98 Å². The zero-order chi connectivity index (χ0) is 11.1. The number of nitrogens with zero attached hydrogens (tertiary/aromatic N) is 3. The van der Waals surface area contributed by atoms with Gasteiger partial charge in [0.1, 0.15) is 0 Å². The Bertz CT molecular complexity index is 293. The molecule has 0 fully saturated rings. The molecule has 0 spiro atoms. The molecule has 0 amide bonds. The van der Waals surface area contributed by atoms with E-state index < -0.39 is 0 Å². The molecule has 1 aromatic heterocycles. The van der Waals surface area contributed by atoms with Crippen LogP contribution in [0.1, 0.15) is 6.92 Å². The van der Waals surface area contributed by atoms with Crippen LogP contribution < -0.4 is 10.1 Å². The fourth-order valence-corrected chi connectivity index (χ4v) is 1.06. The molecule has 84 valence electrons. The van der Waals surface area contributed by atoms with E-state index in [1.54, 1.807) is 19.4 Å². The summed E-state index contributed by atoms with van der Waals surface area (Å²) in [4.78, 5) is 10.5. The van der Waals surface area contributed by atoms with Crippen molar-refractivity contribution in [3.8, 4) is 5.88 Å². The molecule has 1 aromatic rings. The molecule has 0 aliphatic heterocycles. The van der Waals surface area contributed by atoms with Crippen LogP contribution in [0.4, 0.5) is 5.95 Å². The molecular formula is C10H18N4O. The first-order chi connectivity index (χ1) is 7.26. The van der Waals surface area contributed by atoms with E-state index in [1.807, 2.05) is 0 Å². The molecular weight excluding hydrogens is 192 g/mol. The van der Waals surface area contributed by atoms with Crippen molar-refractivity contribution in [2.45, 2.75) is 6.92 Å². The van der Waals surface area contributed by atoms with E-state index >= 15 is 0 Å². The maximum Gasteiger partial charge on any atom is 0.225 e. The first kappa shape index (κ1) is 11.7. The summed E-state index contributed by atoms with van der Waals surface area (Å²) in [6.45, 7) is 4.97. The molecule has 0 aromatic carbocycles. The van der Waals surface area contributed by atoms with Crippen molar-refractivity contribution in [3.63, 3.8) is 0 Å². The van der Waals surface area contributed by atoms with Crippen LogP contribution in [0.15, 0.2) is 12.3 Å². The lowest BCUT2D eigenvalue weighted by molar-refractivity contribution is 0.366. The second-order valence-corrected chi connectivity index (χ2v) is 3.25. The fourth-order valence-electron chi connectivity index (χ4n) is 1.06. The summed E-state index contributed by atoms with van der Waals surface area (Å²) in [7, 11) is 3.67. The molecule has 15 heavy (non-hydrogen) atoms. The highest BCUT2D eigenvalue weighted by Crippen LogP contribution is 2.06. The zero-order valence-electron chi connectivity index (χ0n) is 9.53. The van der Waals surface area contributed by atoms with E-state index in [9.17, 15) is 0 Å². The molecule has 0 saturated carbocycles. The number of rotatable bonds is 6. The summed E-state index contributed by atoms with van der Waals surface area (Å²) in [6, 6.07) is 1.73. The molecule has 5 heteroatoms. The zero-order valence-corrected chi connectivity index (χ0v) is 9.53. The summed E-state index contributed by atoms with van der Waals surface area (Å²) in [5.74, 6) is 1.19. The summed E-state index contributed by atoms with van der Waals surface area (Å²) >= 11 is 0. The maximum absolute atomic E-state index is 5.00. The van der Waals surface area contributed by atoms with Crippen LogP contribution in [-0.2, 0) is 0 Å². The van der Waals surface area contributed by atoms with E-state index in [-0.39, 0.29) is 0 Å². The normalized spacial score (nSPS) is 10.4. The largest absolute Gasteiger partial charge is 0.481 e. The van der Waals surface area contributed by atoms with Crippen molar-refractivity contribution in [1.29, 1.82) is 0 Å². The minimum absolute atomic E-state index is 0.580. The number of likely N-dealkylation sites (N-methyl/N-ethyl adjacent to an activating group) is 1. The van der Waals surface area contributed by atoms with E-state index in [0.717, 1.165) is 19.6 Å². The quantitative estimate of drug-likeness (QED) is 0.754. The number of methoxy groups -OCH3 is 1. The number of nitrogens with one attached hydrogen (secondary N) is 1. The number of anilines is 1. The lowest BCUT2D eigenvalue weighted by Gasteiger charge is -2.13. The Labute approximate surface area is 90.5 Å². The first-order valence-electron chi connectivity index (χ1n) is 5.05. The topological polar surface area (TPSA) is 50.3 Å². The number of hydrogen-bond acceptors (Lipinski definition) is 5. The van der Waals surface area contributed by atoms with Crippen molar-refractivity contribution in [2.24, 2.45) is 0 Å². The monoisotopic (exact) mass is 210 g/mol. The van der Waals surface area contributed by atoms with Gasteiger partial charge in [0.2, 0.25) is 11.8 Å².